The van der Waals surface area contributed by atoms with E-state index in [2.05, 4.69) is 13.8 Å². The van der Waals surface area contributed by atoms with Crippen LogP contribution in [0.2, 0.25) is 0 Å². The van der Waals surface area contributed by atoms with E-state index in [9.17, 15) is 14.7 Å². The van der Waals surface area contributed by atoms with Gasteiger partial charge in [-0.3, -0.25) is 9.59 Å². The third-order valence-corrected chi connectivity index (χ3v) is 12.5. The Labute approximate surface area is 264 Å². The maximum Gasteiger partial charge on any atom is 0.168 e. The predicted molar refractivity (Wildman–Crippen MR) is 185 cm³/mol. The van der Waals surface area contributed by atoms with Crippen LogP contribution in [0.1, 0.15) is 194 Å². The van der Waals surface area contributed by atoms with Gasteiger partial charge in [-0.2, -0.15) is 0 Å². The molecule has 0 aromatic rings. The second kappa shape index (κ2) is 34.0. The second-order valence-electron chi connectivity index (χ2n) is 12.3. The number of hydrogen-bond donors (Lipinski definition) is 2. The SMILES string of the molecule is CCCCCCCCCCCCCCCC(=O)P(POCC(O)CO)C(=O)CCCCCCCCCCCCCCC. The molecule has 250 valence electrons. The van der Waals surface area contributed by atoms with Crippen molar-refractivity contribution < 1.29 is 24.3 Å². The third kappa shape index (κ3) is 28.8. The summed E-state index contributed by atoms with van der Waals surface area (Å²) in [6, 6.07) is 0. The molecule has 0 amide bonds. The molecule has 42 heavy (non-hydrogen) atoms. The number of carbonyl (C=O) groups excluding carboxylic acids is 2. The summed E-state index contributed by atoms with van der Waals surface area (Å²) in [5.41, 5.74) is 0.120. The van der Waals surface area contributed by atoms with E-state index in [4.69, 9.17) is 9.63 Å². The lowest BCUT2D eigenvalue weighted by atomic mass is 10.0. The first-order chi connectivity index (χ1) is 20.6. The van der Waals surface area contributed by atoms with Crippen LogP contribution in [0, 0.1) is 0 Å². The van der Waals surface area contributed by atoms with Gasteiger partial charge in [-0.05, 0) is 12.8 Å². The molecule has 0 saturated heterocycles. The van der Waals surface area contributed by atoms with E-state index in [1.165, 1.54) is 128 Å². The highest BCUT2D eigenvalue weighted by molar-refractivity contribution is 8.35. The lowest BCUT2D eigenvalue weighted by Gasteiger charge is -2.16. The molecule has 0 radical (unpaired) electrons. The fourth-order valence-electron chi connectivity index (χ4n) is 5.30. The van der Waals surface area contributed by atoms with Gasteiger partial charge in [0.05, 0.1) is 29.3 Å². The summed E-state index contributed by atoms with van der Waals surface area (Å²) < 4.78 is 5.53. The summed E-state index contributed by atoms with van der Waals surface area (Å²) in [7, 11) is -1.67. The average molecular weight is 633 g/mol. The Morgan fingerprint density at radius 3 is 1.12 bits per heavy atom. The van der Waals surface area contributed by atoms with Gasteiger partial charge >= 0.3 is 0 Å². The van der Waals surface area contributed by atoms with E-state index in [0.717, 1.165) is 38.5 Å². The van der Waals surface area contributed by atoms with Crippen LogP contribution in [0.25, 0.3) is 0 Å². The lowest BCUT2D eigenvalue weighted by Crippen LogP contribution is -2.17. The molecule has 0 rings (SSSR count). The van der Waals surface area contributed by atoms with Crippen LogP contribution in [0.3, 0.4) is 0 Å². The lowest BCUT2D eigenvalue weighted by molar-refractivity contribution is -0.114. The normalized spacial score (nSPS) is 12.6. The van der Waals surface area contributed by atoms with E-state index in [1.807, 2.05) is 0 Å². The molecule has 0 aliphatic carbocycles. The summed E-state index contributed by atoms with van der Waals surface area (Å²) >= 11 is 0. The van der Waals surface area contributed by atoms with Gasteiger partial charge in [-0.25, -0.2) is 0 Å². The third-order valence-electron chi connectivity index (χ3n) is 8.13. The summed E-state index contributed by atoms with van der Waals surface area (Å²) in [5, 5.41) is 18.6. The number of aliphatic hydroxyl groups is 2. The maximum absolute atomic E-state index is 13.0. The van der Waals surface area contributed by atoms with Crippen LogP contribution in [-0.4, -0.2) is 40.6 Å². The van der Waals surface area contributed by atoms with Crippen LogP contribution < -0.4 is 0 Å². The molecule has 0 aliphatic rings. The Morgan fingerprint density at radius 2 is 0.833 bits per heavy atom. The van der Waals surface area contributed by atoms with E-state index in [1.54, 1.807) is 0 Å². The van der Waals surface area contributed by atoms with E-state index in [-0.39, 0.29) is 32.8 Å². The first-order valence-corrected chi connectivity index (χ1v) is 21.2. The molecule has 0 aromatic carbocycles. The van der Waals surface area contributed by atoms with Gasteiger partial charge in [-0.1, -0.05) is 168 Å². The zero-order valence-corrected chi connectivity index (χ0v) is 29.8. The van der Waals surface area contributed by atoms with Gasteiger partial charge in [0, 0.05) is 12.8 Å². The zero-order valence-electron chi connectivity index (χ0n) is 27.9. The maximum atomic E-state index is 13.0. The Balaban J connectivity index is 4.05. The molecule has 0 heterocycles. The Hall–Kier alpha value is 0.0800. The number of rotatable bonds is 35. The largest absolute Gasteiger partial charge is 0.394 e. The number of hydrogen-bond acceptors (Lipinski definition) is 5. The minimum absolute atomic E-state index is 0.0220. The molecule has 2 atom stereocenters. The van der Waals surface area contributed by atoms with Crippen molar-refractivity contribution in [3.05, 3.63) is 0 Å². The van der Waals surface area contributed by atoms with Crippen molar-refractivity contribution in [2.75, 3.05) is 13.2 Å². The van der Waals surface area contributed by atoms with E-state index in [0.29, 0.717) is 12.8 Å². The van der Waals surface area contributed by atoms with Gasteiger partial charge in [0.15, 0.2) is 11.0 Å². The molecular weight excluding hydrogens is 562 g/mol. The predicted octanol–water partition coefficient (Wildman–Crippen LogP) is 11.4. The summed E-state index contributed by atoms with van der Waals surface area (Å²) in [5.74, 6) is 0. The van der Waals surface area contributed by atoms with Crippen LogP contribution in [0.4, 0.5) is 0 Å². The van der Waals surface area contributed by atoms with Crippen molar-refractivity contribution in [2.24, 2.45) is 0 Å². The van der Waals surface area contributed by atoms with Crippen LogP contribution in [-0.2, 0) is 14.1 Å². The highest BCUT2D eigenvalue weighted by Crippen LogP contribution is 2.59. The Kier molecular flexibility index (Phi) is 34.0. The monoisotopic (exact) mass is 632 g/mol. The molecule has 7 heteroatoms. The van der Waals surface area contributed by atoms with Gasteiger partial charge in [0.1, 0.15) is 6.10 Å². The van der Waals surface area contributed by atoms with Crippen LogP contribution in [0.5, 0.6) is 0 Å². The van der Waals surface area contributed by atoms with Crippen molar-refractivity contribution in [3.63, 3.8) is 0 Å². The first-order valence-electron chi connectivity index (χ1n) is 18.1. The molecule has 2 unspecified atom stereocenters. The van der Waals surface area contributed by atoms with Gasteiger partial charge in [-0.15, -0.1) is 0 Å². The number of aliphatic hydroxyl groups excluding tert-OH is 2. The molecule has 0 aliphatic heterocycles. The smallest absolute Gasteiger partial charge is 0.168 e. The fourth-order valence-corrected chi connectivity index (χ4v) is 8.84. The van der Waals surface area contributed by atoms with Gasteiger partial charge < -0.3 is 14.7 Å². The summed E-state index contributed by atoms with van der Waals surface area (Å²) in [6.45, 7) is 4.13. The summed E-state index contributed by atoms with van der Waals surface area (Å²) in [4.78, 5) is 26.0. The molecular formula is C35H70O5P2. The molecule has 0 aromatic heterocycles. The fraction of sp³-hybridized carbons (Fsp3) is 0.943. The molecule has 0 bridgehead atoms. The first kappa shape index (κ1) is 42.1. The van der Waals surface area contributed by atoms with Crippen molar-refractivity contribution in [2.45, 2.75) is 200 Å². The second-order valence-corrected chi connectivity index (χ2v) is 16.4. The molecule has 0 fully saturated rings. The van der Waals surface area contributed by atoms with E-state index < -0.39 is 13.7 Å². The Bertz CT molecular complexity index is 548. The van der Waals surface area contributed by atoms with Crippen molar-refractivity contribution >= 4 is 27.2 Å². The van der Waals surface area contributed by atoms with Gasteiger partial charge in [0.25, 0.3) is 0 Å². The number of carbonyl (C=O) groups is 2. The van der Waals surface area contributed by atoms with Crippen molar-refractivity contribution in [1.82, 2.24) is 0 Å². The zero-order chi connectivity index (χ0) is 30.9. The Morgan fingerprint density at radius 1 is 0.548 bits per heavy atom. The highest BCUT2D eigenvalue weighted by atomic mass is 32.1. The standard InChI is InChI=1S/C35H70O5P2/c1-3-5-7-9-11-13-15-17-19-21-23-25-27-29-34(38)42(41-40-32-33(37)31-36)35(39)30-28-26-24-22-20-18-16-14-12-10-8-6-4-2/h33,36-37,41H,3-32H2,1-2H3. The highest BCUT2D eigenvalue weighted by Gasteiger charge is 2.26. The minimum Gasteiger partial charge on any atom is -0.394 e. The summed E-state index contributed by atoms with van der Waals surface area (Å²) in [6.07, 6.45) is 32.9. The van der Waals surface area contributed by atoms with Crippen LogP contribution in [0.15, 0.2) is 0 Å². The molecule has 5 nitrogen and oxygen atoms in total. The van der Waals surface area contributed by atoms with E-state index >= 15 is 0 Å². The topological polar surface area (TPSA) is 83.8 Å². The van der Waals surface area contributed by atoms with Gasteiger partial charge in [0.2, 0.25) is 0 Å². The van der Waals surface area contributed by atoms with Crippen LogP contribution >= 0.6 is 16.1 Å². The quantitative estimate of drug-likeness (QED) is 0.0536. The van der Waals surface area contributed by atoms with Crippen molar-refractivity contribution in [1.29, 1.82) is 0 Å². The molecule has 0 saturated carbocycles. The minimum atomic E-state index is -1.46. The van der Waals surface area contributed by atoms with Crippen molar-refractivity contribution in [3.8, 4) is 0 Å². The molecule has 0 spiro atoms. The molecule has 2 N–H and O–H groups in total. The number of unbranched alkanes of at least 4 members (excludes halogenated alkanes) is 24. The average Bonchev–Trinajstić information content (AvgIpc) is 2.99.